The molecule has 0 saturated heterocycles. The summed E-state index contributed by atoms with van der Waals surface area (Å²) in [5.74, 6) is 0. The van der Waals surface area contributed by atoms with Gasteiger partial charge in [0, 0.05) is 12.6 Å². The average molecular weight is 262 g/mol. The molecule has 0 spiro atoms. The Bertz CT molecular complexity index is 346. The SMILES string of the molecule is CCN(C)CC(C)NCCC(C)(C)c1ccccc1. The number of likely N-dealkylation sites (N-methyl/N-ethyl adjacent to an activating group) is 1. The quantitative estimate of drug-likeness (QED) is 0.773. The number of hydrogen-bond donors (Lipinski definition) is 1. The van der Waals surface area contributed by atoms with Crippen LogP contribution in [0.5, 0.6) is 0 Å². The second-order valence-corrected chi connectivity index (χ2v) is 6.21. The van der Waals surface area contributed by atoms with Gasteiger partial charge in [-0.05, 0) is 44.5 Å². The van der Waals surface area contributed by atoms with Crippen LogP contribution in [0.15, 0.2) is 30.3 Å². The van der Waals surface area contributed by atoms with Crippen LogP contribution in [0.3, 0.4) is 0 Å². The van der Waals surface area contributed by atoms with Gasteiger partial charge < -0.3 is 10.2 Å². The van der Waals surface area contributed by atoms with Crippen LogP contribution in [0, 0.1) is 0 Å². The molecule has 0 bridgehead atoms. The Labute approximate surface area is 119 Å². The molecule has 0 saturated carbocycles. The first-order valence-corrected chi connectivity index (χ1v) is 7.43. The Hall–Kier alpha value is -0.860. The molecular formula is C17H30N2. The van der Waals surface area contributed by atoms with E-state index >= 15 is 0 Å². The van der Waals surface area contributed by atoms with Crippen LogP contribution >= 0.6 is 0 Å². The summed E-state index contributed by atoms with van der Waals surface area (Å²) in [5.41, 5.74) is 1.67. The Morgan fingerprint density at radius 2 is 1.84 bits per heavy atom. The van der Waals surface area contributed by atoms with Crippen molar-refractivity contribution in [2.24, 2.45) is 0 Å². The molecule has 0 fully saturated rings. The number of hydrogen-bond acceptors (Lipinski definition) is 2. The summed E-state index contributed by atoms with van der Waals surface area (Å²) in [7, 11) is 2.17. The molecule has 0 radical (unpaired) electrons. The topological polar surface area (TPSA) is 15.3 Å². The van der Waals surface area contributed by atoms with Crippen LogP contribution in [-0.2, 0) is 5.41 Å². The molecule has 0 aromatic heterocycles. The van der Waals surface area contributed by atoms with Crippen molar-refractivity contribution < 1.29 is 0 Å². The Balaban J connectivity index is 2.36. The van der Waals surface area contributed by atoms with Gasteiger partial charge in [0.15, 0.2) is 0 Å². The van der Waals surface area contributed by atoms with E-state index in [0.29, 0.717) is 6.04 Å². The first-order valence-electron chi connectivity index (χ1n) is 7.43. The summed E-state index contributed by atoms with van der Waals surface area (Å²) >= 11 is 0. The molecule has 1 unspecified atom stereocenters. The molecule has 0 aliphatic heterocycles. The molecule has 19 heavy (non-hydrogen) atoms. The molecule has 2 nitrogen and oxygen atoms in total. The minimum atomic E-state index is 0.241. The monoisotopic (exact) mass is 262 g/mol. The standard InChI is InChI=1S/C17H30N2/c1-6-19(5)14-15(2)18-13-12-17(3,4)16-10-8-7-9-11-16/h7-11,15,18H,6,12-14H2,1-5H3. The zero-order chi connectivity index (χ0) is 14.3. The fourth-order valence-electron chi connectivity index (χ4n) is 2.33. The molecular weight excluding hydrogens is 232 g/mol. The number of nitrogens with one attached hydrogen (secondary N) is 1. The number of nitrogens with zero attached hydrogens (tertiary/aromatic N) is 1. The Morgan fingerprint density at radius 3 is 2.42 bits per heavy atom. The molecule has 1 aromatic rings. The van der Waals surface area contributed by atoms with Gasteiger partial charge in [0.2, 0.25) is 0 Å². The largest absolute Gasteiger partial charge is 0.313 e. The molecule has 0 amide bonds. The molecule has 1 N–H and O–H groups in total. The summed E-state index contributed by atoms with van der Waals surface area (Å²) in [5, 5.41) is 3.63. The van der Waals surface area contributed by atoms with Crippen molar-refractivity contribution in [3.05, 3.63) is 35.9 Å². The third-order valence-electron chi connectivity index (χ3n) is 3.92. The molecule has 2 heteroatoms. The van der Waals surface area contributed by atoms with Crippen LogP contribution < -0.4 is 5.32 Å². The van der Waals surface area contributed by atoms with Crippen LogP contribution in [0.25, 0.3) is 0 Å². The van der Waals surface area contributed by atoms with Crippen molar-refractivity contribution in [1.82, 2.24) is 10.2 Å². The smallest absolute Gasteiger partial charge is 0.0166 e. The van der Waals surface area contributed by atoms with Gasteiger partial charge in [-0.3, -0.25) is 0 Å². The summed E-state index contributed by atoms with van der Waals surface area (Å²) in [4.78, 5) is 2.35. The van der Waals surface area contributed by atoms with Crippen molar-refractivity contribution >= 4 is 0 Å². The molecule has 0 aliphatic carbocycles. The number of rotatable bonds is 8. The molecule has 108 valence electrons. The van der Waals surface area contributed by atoms with Gasteiger partial charge in [-0.2, -0.15) is 0 Å². The summed E-state index contributed by atoms with van der Waals surface area (Å²) in [6.07, 6.45) is 1.16. The van der Waals surface area contributed by atoms with E-state index < -0.39 is 0 Å². The lowest BCUT2D eigenvalue weighted by Gasteiger charge is -2.27. The lowest BCUT2D eigenvalue weighted by atomic mass is 9.81. The zero-order valence-corrected chi connectivity index (χ0v) is 13.2. The van der Waals surface area contributed by atoms with Crippen molar-refractivity contribution in [3.8, 4) is 0 Å². The minimum Gasteiger partial charge on any atom is -0.313 e. The zero-order valence-electron chi connectivity index (χ0n) is 13.2. The van der Waals surface area contributed by atoms with Crippen LogP contribution in [-0.4, -0.2) is 37.6 Å². The van der Waals surface area contributed by atoms with Gasteiger partial charge >= 0.3 is 0 Å². The molecule has 1 atom stereocenters. The van der Waals surface area contributed by atoms with Gasteiger partial charge in [0.1, 0.15) is 0 Å². The highest BCUT2D eigenvalue weighted by Crippen LogP contribution is 2.26. The normalized spacial score (nSPS) is 13.8. The second kappa shape index (κ2) is 7.66. The third kappa shape index (κ3) is 5.75. The summed E-state index contributed by atoms with van der Waals surface area (Å²) < 4.78 is 0. The minimum absolute atomic E-state index is 0.241. The van der Waals surface area contributed by atoms with E-state index in [1.54, 1.807) is 0 Å². The fraction of sp³-hybridized carbons (Fsp3) is 0.647. The maximum absolute atomic E-state index is 3.63. The second-order valence-electron chi connectivity index (χ2n) is 6.21. The van der Waals surface area contributed by atoms with Gasteiger partial charge in [-0.25, -0.2) is 0 Å². The lowest BCUT2D eigenvalue weighted by molar-refractivity contribution is 0.304. The highest BCUT2D eigenvalue weighted by molar-refractivity contribution is 5.23. The van der Waals surface area contributed by atoms with Crippen LogP contribution in [0.4, 0.5) is 0 Å². The van der Waals surface area contributed by atoms with E-state index in [4.69, 9.17) is 0 Å². The predicted molar refractivity (Wildman–Crippen MR) is 84.7 cm³/mol. The first-order chi connectivity index (χ1) is 8.95. The predicted octanol–water partition coefficient (Wildman–Crippen LogP) is 3.28. The van der Waals surface area contributed by atoms with Gasteiger partial charge in [0.25, 0.3) is 0 Å². The molecule has 0 aliphatic rings. The van der Waals surface area contributed by atoms with Crippen LogP contribution in [0.1, 0.15) is 39.7 Å². The van der Waals surface area contributed by atoms with Crippen molar-refractivity contribution in [2.75, 3.05) is 26.7 Å². The molecule has 1 rings (SSSR count). The highest BCUT2D eigenvalue weighted by atomic mass is 15.1. The van der Waals surface area contributed by atoms with Crippen LogP contribution in [0.2, 0.25) is 0 Å². The van der Waals surface area contributed by atoms with Gasteiger partial charge in [-0.1, -0.05) is 51.1 Å². The maximum atomic E-state index is 3.63. The van der Waals surface area contributed by atoms with Crippen molar-refractivity contribution in [1.29, 1.82) is 0 Å². The highest BCUT2D eigenvalue weighted by Gasteiger charge is 2.19. The van der Waals surface area contributed by atoms with E-state index in [1.165, 1.54) is 5.56 Å². The Morgan fingerprint density at radius 1 is 1.21 bits per heavy atom. The molecule has 1 aromatic carbocycles. The van der Waals surface area contributed by atoms with E-state index in [0.717, 1.165) is 26.1 Å². The molecule has 0 heterocycles. The third-order valence-corrected chi connectivity index (χ3v) is 3.92. The van der Waals surface area contributed by atoms with Gasteiger partial charge in [-0.15, -0.1) is 0 Å². The Kier molecular flexibility index (Phi) is 6.53. The lowest BCUT2D eigenvalue weighted by Crippen LogP contribution is -2.39. The summed E-state index contributed by atoms with van der Waals surface area (Å²) in [6, 6.07) is 11.4. The van der Waals surface area contributed by atoms with E-state index in [2.05, 4.69) is 75.3 Å². The van der Waals surface area contributed by atoms with E-state index in [9.17, 15) is 0 Å². The van der Waals surface area contributed by atoms with Gasteiger partial charge in [0.05, 0.1) is 0 Å². The number of benzene rings is 1. The van der Waals surface area contributed by atoms with E-state index in [-0.39, 0.29) is 5.41 Å². The fourth-order valence-corrected chi connectivity index (χ4v) is 2.33. The van der Waals surface area contributed by atoms with Crippen molar-refractivity contribution in [2.45, 2.75) is 45.6 Å². The average Bonchev–Trinajstić information content (AvgIpc) is 2.39. The summed E-state index contributed by atoms with van der Waals surface area (Å²) in [6.45, 7) is 12.4. The van der Waals surface area contributed by atoms with E-state index in [1.807, 2.05) is 0 Å². The maximum Gasteiger partial charge on any atom is 0.0166 e. The first kappa shape index (κ1) is 16.2. The van der Waals surface area contributed by atoms with Crippen molar-refractivity contribution in [3.63, 3.8) is 0 Å².